The van der Waals surface area contributed by atoms with E-state index in [1.807, 2.05) is 18.2 Å². The molecule has 5 heteroatoms. The van der Waals surface area contributed by atoms with E-state index in [1.54, 1.807) is 13.2 Å². The maximum Gasteiger partial charge on any atom is 0.319 e. The number of amides is 2. The van der Waals surface area contributed by atoms with Crippen LogP contribution >= 0.6 is 0 Å². The Morgan fingerprint density at radius 3 is 2.68 bits per heavy atom. The summed E-state index contributed by atoms with van der Waals surface area (Å²) in [5.74, 6) is 0.0659. The first-order valence-electron chi connectivity index (χ1n) is 5.94. The Bertz CT molecular complexity index is 539. The van der Waals surface area contributed by atoms with E-state index in [9.17, 15) is 9.59 Å². The molecule has 2 rings (SSSR count). The third-order valence-corrected chi connectivity index (χ3v) is 3.18. The van der Waals surface area contributed by atoms with E-state index >= 15 is 0 Å². The third-order valence-electron chi connectivity index (χ3n) is 3.18. The zero-order valence-corrected chi connectivity index (χ0v) is 10.9. The number of hydrogen-bond donors (Lipinski definition) is 2. The van der Waals surface area contributed by atoms with Gasteiger partial charge >= 0.3 is 6.03 Å². The van der Waals surface area contributed by atoms with Gasteiger partial charge in [0.05, 0.1) is 19.1 Å². The van der Waals surface area contributed by atoms with Crippen molar-refractivity contribution in [3.63, 3.8) is 0 Å². The molecule has 0 aromatic heterocycles. The van der Waals surface area contributed by atoms with Crippen molar-refractivity contribution >= 4 is 11.8 Å². The number of ketones is 1. The first-order chi connectivity index (χ1) is 9.04. The molecular formula is C14H16N2O3. The summed E-state index contributed by atoms with van der Waals surface area (Å²) in [5, 5.41) is 5.30. The first kappa shape index (κ1) is 13.1. The van der Waals surface area contributed by atoms with Crippen LogP contribution in [0.1, 0.15) is 18.5 Å². The monoisotopic (exact) mass is 260 g/mol. The fourth-order valence-electron chi connectivity index (χ4n) is 2.35. The average molecular weight is 260 g/mol. The van der Waals surface area contributed by atoms with Crippen LogP contribution in [0.15, 0.2) is 36.5 Å². The number of para-hydroxylation sites is 1. The minimum absolute atomic E-state index is 0.0617. The van der Waals surface area contributed by atoms with Crippen LogP contribution in [-0.2, 0) is 4.79 Å². The Hall–Kier alpha value is -2.30. The van der Waals surface area contributed by atoms with Gasteiger partial charge in [0.1, 0.15) is 11.5 Å². The highest BCUT2D eigenvalue weighted by molar-refractivity contribution is 5.88. The SMILES string of the molecule is C=C1NC(=O)N[C@H](c2ccccc2OC)[C@H]1C(C)=O. The summed E-state index contributed by atoms with van der Waals surface area (Å²) in [6, 6.07) is 6.48. The summed E-state index contributed by atoms with van der Waals surface area (Å²) in [5.41, 5.74) is 1.17. The molecular weight excluding hydrogens is 244 g/mol. The van der Waals surface area contributed by atoms with Crippen LogP contribution < -0.4 is 15.4 Å². The van der Waals surface area contributed by atoms with Gasteiger partial charge in [-0.15, -0.1) is 0 Å². The number of methoxy groups -OCH3 is 1. The topological polar surface area (TPSA) is 67.4 Å². The Morgan fingerprint density at radius 1 is 1.37 bits per heavy atom. The van der Waals surface area contributed by atoms with Crippen molar-refractivity contribution in [1.29, 1.82) is 0 Å². The van der Waals surface area contributed by atoms with Crippen LogP contribution in [0.2, 0.25) is 0 Å². The number of rotatable bonds is 3. The molecule has 2 amide bonds. The van der Waals surface area contributed by atoms with Crippen molar-refractivity contribution in [2.75, 3.05) is 7.11 Å². The van der Waals surface area contributed by atoms with Crippen molar-refractivity contribution in [2.45, 2.75) is 13.0 Å². The molecule has 2 N–H and O–H groups in total. The summed E-state index contributed by atoms with van der Waals surface area (Å²) in [6.07, 6.45) is 0. The fourth-order valence-corrected chi connectivity index (χ4v) is 2.35. The number of carbonyl (C=O) groups is 2. The van der Waals surface area contributed by atoms with Gasteiger partial charge in [0, 0.05) is 11.3 Å². The normalized spacial score (nSPS) is 22.4. The van der Waals surface area contributed by atoms with Crippen molar-refractivity contribution in [2.24, 2.45) is 5.92 Å². The molecule has 0 bridgehead atoms. The fraction of sp³-hybridized carbons (Fsp3) is 0.286. The molecule has 100 valence electrons. The zero-order valence-electron chi connectivity index (χ0n) is 10.9. The number of urea groups is 1. The number of Topliss-reactive ketones (excluding diaryl/α,β-unsaturated/α-hetero) is 1. The van der Waals surface area contributed by atoms with Crippen LogP contribution in [0.5, 0.6) is 5.75 Å². The lowest BCUT2D eigenvalue weighted by molar-refractivity contribution is -0.120. The van der Waals surface area contributed by atoms with Crippen LogP contribution in [0.3, 0.4) is 0 Å². The van der Waals surface area contributed by atoms with Crippen LogP contribution in [0, 0.1) is 5.92 Å². The summed E-state index contributed by atoms with van der Waals surface area (Å²) in [6.45, 7) is 5.25. The van der Waals surface area contributed by atoms with Crippen LogP contribution in [-0.4, -0.2) is 18.9 Å². The Morgan fingerprint density at radius 2 is 2.05 bits per heavy atom. The second-order valence-corrected chi connectivity index (χ2v) is 4.43. The van der Waals surface area contributed by atoms with E-state index in [-0.39, 0.29) is 11.8 Å². The minimum Gasteiger partial charge on any atom is -0.496 e. The van der Waals surface area contributed by atoms with Crippen molar-refractivity contribution in [1.82, 2.24) is 10.6 Å². The van der Waals surface area contributed by atoms with E-state index in [4.69, 9.17) is 4.74 Å². The number of hydrogen-bond acceptors (Lipinski definition) is 3. The second kappa shape index (κ2) is 5.14. The Labute approximate surface area is 111 Å². The van der Waals surface area contributed by atoms with E-state index in [0.717, 1.165) is 5.56 Å². The van der Waals surface area contributed by atoms with Crippen molar-refractivity contribution < 1.29 is 14.3 Å². The summed E-state index contributed by atoms with van der Waals surface area (Å²) < 4.78 is 5.28. The van der Waals surface area contributed by atoms with Crippen LogP contribution in [0.4, 0.5) is 4.79 Å². The maximum absolute atomic E-state index is 11.8. The molecule has 0 spiro atoms. The van der Waals surface area contributed by atoms with Gasteiger partial charge in [0.2, 0.25) is 0 Å². The summed E-state index contributed by atoms with van der Waals surface area (Å²) >= 11 is 0. The van der Waals surface area contributed by atoms with Gasteiger partial charge in [0.25, 0.3) is 0 Å². The van der Waals surface area contributed by atoms with Gasteiger partial charge in [-0.3, -0.25) is 4.79 Å². The standard InChI is InChI=1S/C14H16N2O3/c1-8-12(9(2)17)13(16-14(18)15-8)10-6-4-5-7-11(10)19-3/h4-7,12-13H,1H2,2-3H3,(H2,15,16,18)/t12-,13-/m1/s1. The molecule has 19 heavy (non-hydrogen) atoms. The zero-order chi connectivity index (χ0) is 14.0. The van der Waals surface area contributed by atoms with Gasteiger partial charge < -0.3 is 15.4 Å². The van der Waals surface area contributed by atoms with Gasteiger partial charge in [-0.25, -0.2) is 4.79 Å². The minimum atomic E-state index is -0.506. The lowest BCUT2D eigenvalue weighted by Gasteiger charge is -2.33. The predicted octanol–water partition coefficient (Wildman–Crippen LogP) is 1.77. The largest absolute Gasteiger partial charge is 0.496 e. The molecule has 1 fully saturated rings. The molecule has 1 aromatic rings. The summed E-state index contributed by atoms with van der Waals surface area (Å²) in [4.78, 5) is 23.4. The van der Waals surface area contributed by atoms with Gasteiger partial charge in [0.15, 0.2) is 0 Å². The van der Waals surface area contributed by atoms with E-state index in [0.29, 0.717) is 11.4 Å². The molecule has 0 unspecified atom stereocenters. The lowest BCUT2D eigenvalue weighted by Crippen LogP contribution is -2.50. The van der Waals surface area contributed by atoms with Gasteiger partial charge in [-0.1, -0.05) is 24.8 Å². The Balaban J connectivity index is 2.46. The smallest absolute Gasteiger partial charge is 0.319 e. The maximum atomic E-state index is 11.8. The predicted molar refractivity (Wildman–Crippen MR) is 70.7 cm³/mol. The number of benzene rings is 1. The average Bonchev–Trinajstić information content (AvgIpc) is 2.37. The molecule has 1 aliphatic rings. The molecule has 0 saturated carbocycles. The van der Waals surface area contributed by atoms with E-state index in [1.165, 1.54) is 6.92 Å². The molecule has 0 radical (unpaired) electrons. The summed E-state index contributed by atoms with van der Waals surface area (Å²) in [7, 11) is 1.55. The first-order valence-corrected chi connectivity index (χ1v) is 5.94. The number of nitrogens with one attached hydrogen (secondary N) is 2. The second-order valence-electron chi connectivity index (χ2n) is 4.43. The highest BCUT2D eigenvalue weighted by Gasteiger charge is 2.36. The molecule has 1 aromatic carbocycles. The number of carbonyl (C=O) groups excluding carboxylic acids is 2. The highest BCUT2D eigenvalue weighted by atomic mass is 16.5. The lowest BCUT2D eigenvalue weighted by atomic mass is 9.86. The van der Waals surface area contributed by atoms with E-state index in [2.05, 4.69) is 17.2 Å². The molecule has 0 aliphatic carbocycles. The molecule has 1 heterocycles. The molecule has 1 aliphatic heterocycles. The molecule has 1 saturated heterocycles. The van der Waals surface area contributed by atoms with E-state index < -0.39 is 12.0 Å². The number of ether oxygens (including phenoxy) is 1. The van der Waals surface area contributed by atoms with Crippen molar-refractivity contribution in [3.8, 4) is 5.75 Å². The van der Waals surface area contributed by atoms with Gasteiger partial charge in [-0.05, 0) is 13.0 Å². The molecule has 5 nitrogen and oxygen atoms in total. The van der Waals surface area contributed by atoms with Gasteiger partial charge in [-0.2, -0.15) is 0 Å². The highest BCUT2D eigenvalue weighted by Crippen LogP contribution is 2.34. The third kappa shape index (κ3) is 2.45. The van der Waals surface area contributed by atoms with Crippen LogP contribution in [0.25, 0.3) is 0 Å². The van der Waals surface area contributed by atoms with Crippen molar-refractivity contribution in [3.05, 3.63) is 42.1 Å². The molecule has 2 atom stereocenters. The quantitative estimate of drug-likeness (QED) is 0.870. The Kier molecular flexibility index (Phi) is 3.55.